The van der Waals surface area contributed by atoms with Gasteiger partial charge in [0.2, 0.25) is 0 Å². The number of ether oxygens (including phenoxy) is 3. The van der Waals surface area contributed by atoms with Crippen LogP contribution in [-0.4, -0.2) is 37.8 Å². The summed E-state index contributed by atoms with van der Waals surface area (Å²) in [5.41, 5.74) is 1.07. The molecular formula is C19H17ClN2O5S. The minimum atomic E-state index is -0.463. The first-order valence-corrected chi connectivity index (χ1v) is 9.33. The van der Waals surface area contributed by atoms with Crippen molar-refractivity contribution in [3.05, 3.63) is 51.8 Å². The van der Waals surface area contributed by atoms with E-state index in [0.717, 1.165) is 4.70 Å². The lowest BCUT2D eigenvalue weighted by atomic mass is 10.2. The minimum Gasteiger partial charge on any atom is -0.493 e. The summed E-state index contributed by atoms with van der Waals surface area (Å²) in [6.45, 7) is -0.0985. The second-order valence-electron chi connectivity index (χ2n) is 5.65. The molecule has 28 heavy (non-hydrogen) atoms. The largest absolute Gasteiger partial charge is 0.493 e. The van der Waals surface area contributed by atoms with Gasteiger partial charge in [0.05, 0.1) is 31.5 Å². The van der Waals surface area contributed by atoms with Gasteiger partial charge in [-0.05, 0) is 24.3 Å². The predicted octanol–water partition coefficient (Wildman–Crippen LogP) is 3.29. The molecule has 0 aliphatic rings. The number of nitrogens with zero attached hydrogens (tertiary/aromatic N) is 2. The second-order valence-corrected chi connectivity index (χ2v) is 7.09. The fourth-order valence-electron chi connectivity index (χ4n) is 2.57. The molecule has 0 saturated heterocycles. The number of hydrogen-bond acceptors (Lipinski definition) is 6. The van der Waals surface area contributed by atoms with Crippen molar-refractivity contribution in [2.24, 2.45) is 4.99 Å². The van der Waals surface area contributed by atoms with Gasteiger partial charge in [-0.25, -0.2) is 0 Å². The Kier molecular flexibility index (Phi) is 6.01. The molecular weight excluding hydrogens is 404 g/mol. The Morgan fingerprint density at radius 1 is 1.07 bits per heavy atom. The van der Waals surface area contributed by atoms with Crippen molar-refractivity contribution in [2.75, 3.05) is 21.3 Å². The highest BCUT2D eigenvalue weighted by atomic mass is 35.5. The summed E-state index contributed by atoms with van der Waals surface area (Å²) in [6.07, 6.45) is 0. The Labute approximate surface area is 169 Å². The van der Waals surface area contributed by atoms with E-state index >= 15 is 0 Å². The first kappa shape index (κ1) is 19.9. The highest BCUT2D eigenvalue weighted by molar-refractivity contribution is 7.16. The molecule has 146 valence electrons. The Bertz CT molecular complexity index is 1100. The highest BCUT2D eigenvalue weighted by Gasteiger charge is 2.16. The van der Waals surface area contributed by atoms with Crippen LogP contribution in [0.2, 0.25) is 5.02 Å². The molecule has 0 N–H and O–H groups in total. The molecule has 0 spiro atoms. The van der Waals surface area contributed by atoms with Crippen molar-refractivity contribution in [3.8, 4) is 11.5 Å². The molecule has 0 bridgehead atoms. The number of halogens is 1. The highest BCUT2D eigenvalue weighted by Crippen LogP contribution is 2.33. The molecule has 0 atom stereocenters. The fraction of sp³-hybridized carbons (Fsp3) is 0.211. The summed E-state index contributed by atoms with van der Waals surface area (Å²) >= 11 is 7.12. The molecule has 1 aromatic heterocycles. The van der Waals surface area contributed by atoms with Crippen molar-refractivity contribution in [1.82, 2.24) is 4.57 Å². The van der Waals surface area contributed by atoms with E-state index in [-0.39, 0.29) is 6.54 Å². The van der Waals surface area contributed by atoms with Crippen molar-refractivity contribution >= 4 is 45.0 Å². The van der Waals surface area contributed by atoms with Crippen LogP contribution in [0.4, 0.5) is 0 Å². The van der Waals surface area contributed by atoms with Crippen LogP contribution < -0.4 is 14.3 Å². The van der Waals surface area contributed by atoms with E-state index < -0.39 is 11.9 Å². The molecule has 0 radical (unpaired) electrons. The number of esters is 1. The van der Waals surface area contributed by atoms with Gasteiger partial charge in [-0.1, -0.05) is 22.9 Å². The Morgan fingerprint density at radius 2 is 1.71 bits per heavy atom. The van der Waals surface area contributed by atoms with Crippen LogP contribution in [0.5, 0.6) is 11.5 Å². The summed E-state index contributed by atoms with van der Waals surface area (Å²) in [6, 6.07) is 9.94. The van der Waals surface area contributed by atoms with E-state index in [1.54, 1.807) is 41.0 Å². The predicted molar refractivity (Wildman–Crippen MR) is 106 cm³/mol. The summed E-state index contributed by atoms with van der Waals surface area (Å²) in [5.74, 6) is 0.134. The summed E-state index contributed by atoms with van der Waals surface area (Å²) < 4.78 is 17.8. The number of fused-ring (bicyclic) bond motifs is 1. The molecule has 9 heteroatoms. The number of carbonyl (C=O) groups is 2. The van der Waals surface area contributed by atoms with Crippen molar-refractivity contribution in [1.29, 1.82) is 0 Å². The third-order valence-corrected chi connectivity index (χ3v) is 5.28. The molecule has 2 aromatic carbocycles. The number of aromatic nitrogens is 1. The normalized spacial score (nSPS) is 11.5. The van der Waals surface area contributed by atoms with Crippen LogP contribution in [0.15, 0.2) is 41.4 Å². The van der Waals surface area contributed by atoms with E-state index in [9.17, 15) is 9.59 Å². The Morgan fingerprint density at radius 3 is 2.32 bits per heavy atom. The van der Waals surface area contributed by atoms with Crippen molar-refractivity contribution < 1.29 is 23.8 Å². The zero-order valence-electron chi connectivity index (χ0n) is 15.4. The van der Waals surface area contributed by atoms with Crippen LogP contribution in [0.1, 0.15) is 10.4 Å². The second kappa shape index (κ2) is 8.45. The van der Waals surface area contributed by atoms with Gasteiger partial charge in [0, 0.05) is 22.7 Å². The third kappa shape index (κ3) is 4.02. The first-order valence-electron chi connectivity index (χ1n) is 8.13. The zero-order valence-corrected chi connectivity index (χ0v) is 17.0. The standard InChI is InChI=1S/C19H17ClN2O5S/c1-25-14-8-13-16(9-15(14)26-2)28-19(22(13)10-17(23)27-3)21-18(24)11-4-6-12(20)7-5-11/h4-9H,10H2,1-3H3. The van der Waals surface area contributed by atoms with E-state index in [1.807, 2.05) is 0 Å². The van der Waals surface area contributed by atoms with E-state index in [1.165, 1.54) is 32.7 Å². The number of thiazole rings is 1. The molecule has 1 amide bonds. The van der Waals surface area contributed by atoms with Crippen LogP contribution in [0.25, 0.3) is 10.2 Å². The van der Waals surface area contributed by atoms with E-state index in [0.29, 0.717) is 32.4 Å². The Balaban J connectivity index is 2.19. The number of benzene rings is 2. The maximum atomic E-state index is 12.6. The number of hydrogen-bond donors (Lipinski definition) is 0. The van der Waals surface area contributed by atoms with Gasteiger partial charge in [0.25, 0.3) is 5.91 Å². The maximum Gasteiger partial charge on any atom is 0.325 e. The minimum absolute atomic E-state index is 0.0985. The summed E-state index contributed by atoms with van der Waals surface area (Å²) in [7, 11) is 4.36. The number of amides is 1. The van der Waals surface area contributed by atoms with Gasteiger partial charge < -0.3 is 18.8 Å². The lowest BCUT2D eigenvalue weighted by molar-refractivity contribution is -0.141. The maximum absolute atomic E-state index is 12.6. The molecule has 3 aromatic rings. The van der Waals surface area contributed by atoms with Gasteiger partial charge >= 0.3 is 5.97 Å². The van der Waals surface area contributed by atoms with Crippen LogP contribution in [0.3, 0.4) is 0 Å². The topological polar surface area (TPSA) is 79.1 Å². The molecule has 0 unspecified atom stereocenters. The smallest absolute Gasteiger partial charge is 0.325 e. The Hall–Kier alpha value is -2.84. The molecule has 0 aliphatic heterocycles. The zero-order chi connectivity index (χ0) is 20.3. The average molecular weight is 421 g/mol. The quantitative estimate of drug-likeness (QED) is 0.592. The molecule has 0 saturated carbocycles. The molecule has 7 nitrogen and oxygen atoms in total. The number of rotatable bonds is 5. The van der Waals surface area contributed by atoms with Crippen molar-refractivity contribution in [3.63, 3.8) is 0 Å². The lowest BCUT2D eigenvalue weighted by Gasteiger charge is -2.09. The molecule has 0 fully saturated rings. The average Bonchev–Trinajstić information content (AvgIpc) is 3.02. The van der Waals surface area contributed by atoms with Gasteiger partial charge in [-0.15, -0.1) is 0 Å². The number of carbonyl (C=O) groups excluding carboxylic acids is 2. The monoisotopic (exact) mass is 420 g/mol. The van der Waals surface area contributed by atoms with Gasteiger partial charge in [0.1, 0.15) is 6.54 Å². The summed E-state index contributed by atoms with van der Waals surface area (Å²) in [5, 5.41) is 0.526. The SMILES string of the molecule is COC(=O)Cn1c(=NC(=O)c2ccc(Cl)cc2)sc2cc(OC)c(OC)cc21. The summed E-state index contributed by atoms with van der Waals surface area (Å²) in [4.78, 5) is 29.0. The van der Waals surface area contributed by atoms with Crippen molar-refractivity contribution in [2.45, 2.75) is 6.54 Å². The van der Waals surface area contributed by atoms with Gasteiger partial charge in [-0.2, -0.15) is 4.99 Å². The van der Waals surface area contributed by atoms with E-state index in [2.05, 4.69) is 4.99 Å². The van der Waals surface area contributed by atoms with E-state index in [4.69, 9.17) is 25.8 Å². The molecule has 0 aliphatic carbocycles. The molecule has 3 rings (SSSR count). The van der Waals surface area contributed by atoms with Crippen LogP contribution in [-0.2, 0) is 16.1 Å². The first-order chi connectivity index (χ1) is 13.5. The van der Waals surface area contributed by atoms with Crippen LogP contribution in [0, 0.1) is 0 Å². The van der Waals surface area contributed by atoms with Gasteiger partial charge in [0.15, 0.2) is 16.3 Å². The third-order valence-electron chi connectivity index (χ3n) is 3.99. The van der Waals surface area contributed by atoms with Crippen LogP contribution >= 0.6 is 22.9 Å². The fourth-order valence-corrected chi connectivity index (χ4v) is 3.74. The molecule has 1 heterocycles. The van der Waals surface area contributed by atoms with Gasteiger partial charge in [-0.3, -0.25) is 9.59 Å². The number of methoxy groups -OCH3 is 3. The lowest BCUT2D eigenvalue weighted by Crippen LogP contribution is -2.22.